The topological polar surface area (TPSA) is 98.7 Å². The van der Waals surface area contributed by atoms with Gasteiger partial charge < -0.3 is 20.6 Å². The summed E-state index contributed by atoms with van der Waals surface area (Å²) in [5.74, 6) is -2.22. The largest absolute Gasteiger partial charge is 0.396 e. The van der Waals surface area contributed by atoms with Gasteiger partial charge in [0, 0.05) is 26.1 Å². The van der Waals surface area contributed by atoms with Crippen LogP contribution in [0.3, 0.4) is 0 Å². The number of nitrogens with zero attached hydrogens (tertiary/aromatic N) is 1. The Bertz CT molecular complexity index is 875. The van der Waals surface area contributed by atoms with Crippen molar-refractivity contribution in [1.82, 2.24) is 10.2 Å². The lowest BCUT2D eigenvalue weighted by Crippen LogP contribution is -2.45. The Hall–Kier alpha value is -2.38. The number of rotatable bonds is 9. The highest BCUT2D eigenvalue weighted by atomic mass is 35.5. The van der Waals surface area contributed by atoms with E-state index in [2.05, 4.69) is 17.6 Å². The number of carbonyl (C=O) groups excluding carboxylic acids is 3. The van der Waals surface area contributed by atoms with Gasteiger partial charge in [0.15, 0.2) is 0 Å². The monoisotopic (exact) mass is 461 g/mol. The van der Waals surface area contributed by atoms with Crippen LogP contribution in [0.15, 0.2) is 36.4 Å². The van der Waals surface area contributed by atoms with Crippen LogP contribution in [0.1, 0.15) is 32.6 Å². The summed E-state index contributed by atoms with van der Waals surface area (Å²) >= 11 is 6.23. The Kier molecular flexibility index (Phi) is 8.32. The molecule has 0 bridgehead atoms. The minimum Gasteiger partial charge on any atom is -0.396 e. The summed E-state index contributed by atoms with van der Waals surface area (Å²) in [4.78, 5) is 41.5. The second-order valence-corrected chi connectivity index (χ2v) is 8.86. The molecular weight excluding hydrogens is 430 g/mol. The molecule has 1 fully saturated rings. The Balaban J connectivity index is 1.96. The van der Waals surface area contributed by atoms with Crippen LogP contribution in [-0.2, 0) is 14.4 Å². The number of allylic oxidation sites excluding steroid dienone is 1. The first-order chi connectivity index (χ1) is 15.4. The fourth-order valence-electron chi connectivity index (χ4n) is 5.03. The number of benzene rings is 1. The Morgan fingerprint density at radius 2 is 1.91 bits per heavy atom. The van der Waals surface area contributed by atoms with E-state index in [9.17, 15) is 19.5 Å². The maximum atomic E-state index is 13.6. The number of halogens is 1. The summed E-state index contributed by atoms with van der Waals surface area (Å²) in [6, 6.07) is 6.22. The molecule has 0 radical (unpaired) electrons. The first kappa shape index (κ1) is 24.3. The summed E-state index contributed by atoms with van der Waals surface area (Å²) in [5.41, 5.74) is 0.483. The number of anilines is 1. The number of aliphatic hydroxyl groups excluding tert-OH is 1. The van der Waals surface area contributed by atoms with E-state index in [1.165, 1.54) is 0 Å². The standard InChI is InChI=1S/C24H32ClN3O4/c1-3-8-15-11-12-16-20(19(15)22(30)26-2)24(32)28(13-6-7-14-29)21(16)23(31)27-18-10-5-4-9-17(18)25/h4-5,9-12,15-16,19-21,29H,3,6-8,13-14H2,1-2H3,(H,26,30)(H,27,31)/t15-,16+,19-,20+,21+/m1/s1. The van der Waals surface area contributed by atoms with E-state index in [0.717, 1.165) is 12.8 Å². The lowest BCUT2D eigenvalue weighted by Gasteiger charge is -2.34. The van der Waals surface area contributed by atoms with Gasteiger partial charge in [-0.1, -0.05) is 49.2 Å². The van der Waals surface area contributed by atoms with Crippen molar-refractivity contribution in [2.75, 3.05) is 25.5 Å². The SMILES string of the molecule is CCC[C@@H]1C=C[C@H]2[C@H](C(=O)N(CCCCO)[C@@H]2C(=O)Nc2ccccc2Cl)[C@@H]1C(=O)NC. The van der Waals surface area contributed by atoms with Crippen molar-refractivity contribution in [2.45, 2.75) is 38.6 Å². The molecule has 1 aromatic rings. The van der Waals surface area contributed by atoms with Gasteiger partial charge in [-0.2, -0.15) is 0 Å². The van der Waals surface area contributed by atoms with Crippen LogP contribution in [0.2, 0.25) is 5.02 Å². The molecule has 8 heteroatoms. The molecule has 0 unspecified atom stereocenters. The fraction of sp³-hybridized carbons (Fsp3) is 0.542. The predicted octanol–water partition coefficient (Wildman–Crippen LogP) is 2.84. The number of carbonyl (C=O) groups is 3. The first-order valence-electron chi connectivity index (χ1n) is 11.3. The first-order valence-corrected chi connectivity index (χ1v) is 11.7. The normalized spacial score (nSPS) is 26.7. The Labute approximate surface area is 194 Å². The van der Waals surface area contributed by atoms with E-state index >= 15 is 0 Å². The third-order valence-corrected chi connectivity index (χ3v) is 6.82. The van der Waals surface area contributed by atoms with Gasteiger partial charge in [0.05, 0.1) is 22.5 Å². The number of hydrogen-bond acceptors (Lipinski definition) is 4. The summed E-state index contributed by atoms with van der Waals surface area (Å²) in [6.45, 7) is 2.42. The smallest absolute Gasteiger partial charge is 0.247 e. The summed E-state index contributed by atoms with van der Waals surface area (Å²) in [7, 11) is 1.58. The molecule has 0 aromatic heterocycles. The van der Waals surface area contributed by atoms with Crippen molar-refractivity contribution in [2.24, 2.45) is 23.7 Å². The number of likely N-dealkylation sites (tertiary alicyclic amines) is 1. The maximum absolute atomic E-state index is 13.6. The molecular formula is C24H32ClN3O4. The quantitative estimate of drug-likeness (QED) is 0.389. The lowest BCUT2D eigenvalue weighted by molar-refractivity contribution is -0.140. The number of amides is 3. The number of nitrogens with one attached hydrogen (secondary N) is 2. The van der Waals surface area contributed by atoms with Crippen LogP contribution < -0.4 is 10.6 Å². The van der Waals surface area contributed by atoms with E-state index in [1.54, 1.807) is 36.2 Å². The van der Waals surface area contributed by atoms with Crippen molar-refractivity contribution >= 4 is 35.0 Å². The number of fused-ring (bicyclic) bond motifs is 1. The van der Waals surface area contributed by atoms with Gasteiger partial charge in [-0.3, -0.25) is 14.4 Å². The Morgan fingerprint density at radius 3 is 2.56 bits per heavy atom. The molecule has 5 atom stereocenters. The highest BCUT2D eigenvalue weighted by Crippen LogP contribution is 2.45. The molecule has 1 aliphatic carbocycles. The van der Waals surface area contributed by atoms with Crippen molar-refractivity contribution in [1.29, 1.82) is 0 Å². The minimum atomic E-state index is -0.742. The second-order valence-electron chi connectivity index (χ2n) is 8.46. The zero-order valence-corrected chi connectivity index (χ0v) is 19.3. The molecule has 2 aliphatic rings. The third-order valence-electron chi connectivity index (χ3n) is 6.49. The minimum absolute atomic E-state index is 0.0186. The van der Waals surface area contributed by atoms with Gasteiger partial charge in [0.25, 0.3) is 0 Å². The summed E-state index contributed by atoms with van der Waals surface area (Å²) < 4.78 is 0. The molecule has 0 spiro atoms. The van der Waals surface area contributed by atoms with Gasteiger partial charge in [-0.15, -0.1) is 0 Å². The molecule has 174 valence electrons. The molecule has 3 rings (SSSR count). The van der Waals surface area contributed by atoms with Crippen molar-refractivity contribution in [3.8, 4) is 0 Å². The van der Waals surface area contributed by atoms with Crippen molar-refractivity contribution in [3.05, 3.63) is 41.4 Å². The van der Waals surface area contributed by atoms with E-state index < -0.39 is 23.8 Å². The summed E-state index contributed by atoms with van der Waals surface area (Å²) in [6.07, 6.45) is 6.75. The second kappa shape index (κ2) is 11.0. The average molecular weight is 462 g/mol. The van der Waals surface area contributed by atoms with Gasteiger partial charge in [0.2, 0.25) is 17.7 Å². The van der Waals surface area contributed by atoms with Gasteiger partial charge >= 0.3 is 0 Å². The predicted molar refractivity (Wildman–Crippen MR) is 124 cm³/mol. The molecule has 0 saturated carbocycles. The van der Waals surface area contributed by atoms with Crippen LogP contribution in [0.5, 0.6) is 0 Å². The molecule has 1 aromatic carbocycles. The van der Waals surface area contributed by atoms with E-state index in [-0.39, 0.29) is 30.2 Å². The lowest BCUT2D eigenvalue weighted by atomic mass is 9.68. The van der Waals surface area contributed by atoms with E-state index in [1.807, 2.05) is 12.2 Å². The third kappa shape index (κ3) is 4.84. The van der Waals surface area contributed by atoms with Crippen LogP contribution in [0, 0.1) is 23.7 Å². The van der Waals surface area contributed by atoms with Gasteiger partial charge in [-0.05, 0) is 37.3 Å². The van der Waals surface area contributed by atoms with Crippen LogP contribution in [0.4, 0.5) is 5.69 Å². The van der Waals surface area contributed by atoms with E-state index in [0.29, 0.717) is 30.1 Å². The zero-order valence-electron chi connectivity index (χ0n) is 18.6. The number of para-hydroxylation sites is 1. The molecule has 3 amide bonds. The molecule has 1 aliphatic heterocycles. The van der Waals surface area contributed by atoms with Crippen LogP contribution >= 0.6 is 11.6 Å². The molecule has 3 N–H and O–H groups in total. The summed E-state index contributed by atoms with van der Waals surface area (Å²) in [5, 5.41) is 15.2. The number of aliphatic hydroxyl groups is 1. The van der Waals surface area contributed by atoms with Crippen molar-refractivity contribution < 1.29 is 19.5 Å². The van der Waals surface area contributed by atoms with Gasteiger partial charge in [0.1, 0.15) is 6.04 Å². The number of unbranched alkanes of at least 4 members (excludes halogenated alkanes) is 1. The molecule has 32 heavy (non-hydrogen) atoms. The Morgan fingerprint density at radius 1 is 1.16 bits per heavy atom. The van der Waals surface area contributed by atoms with Crippen LogP contribution in [0.25, 0.3) is 0 Å². The van der Waals surface area contributed by atoms with Crippen LogP contribution in [-0.4, -0.2) is 54.0 Å². The average Bonchev–Trinajstić information content (AvgIpc) is 3.07. The number of hydrogen-bond donors (Lipinski definition) is 3. The zero-order chi connectivity index (χ0) is 23.3. The molecule has 1 heterocycles. The van der Waals surface area contributed by atoms with Gasteiger partial charge in [-0.25, -0.2) is 0 Å². The van der Waals surface area contributed by atoms with E-state index in [4.69, 9.17) is 11.6 Å². The maximum Gasteiger partial charge on any atom is 0.247 e. The highest BCUT2D eigenvalue weighted by Gasteiger charge is 2.56. The van der Waals surface area contributed by atoms with Crippen molar-refractivity contribution in [3.63, 3.8) is 0 Å². The fourth-order valence-corrected chi connectivity index (χ4v) is 5.22. The highest BCUT2D eigenvalue weighted by molar-refractivity contribution is 6.33. The molecule has 7 nitrogen and oxygen atoms in total. The molecule has 1 saturated heterocycles.